The minimum Gasteiger partial charge on any atom is -0.404 e. The highest BCUT2D eigenvalue weighted by Gasteiger charge is 2.17. The maximum Gasteiger partial charge on any atom is 0.234 e. The van der Waals surface area contributed by atoms with Crippen LogP contribution < -0.4 is 16.0 Å². The number of unbranched alkanes of at least 4 members (excludes halogenated alkanes) is 6. The molecule has 0 aromatic carbocycles. The molecule has 0 aliphatic rings. The minimum absolute atomic E-state index is 0.0678. The molecule has 0 saturated heterocycles. The highest BCUT2D eigenvalue weighted by atomic mass is 16.2. The van der Waals surface area contributed by atoms with Crippen LogP contribution in [0.1, 0.15) is 85.0 Å². The molecule has 0 saturated carbocycles. The molecule has 14 heteroatoms. The van der Waals surface area contributed by atoms with Gasteiger partial charge in [0.25, 0.3) is 0 Å². The van der Waals surface area contributed by atoms with Gasteiger partial charge in [-0.3, -0.25) is 19.3 Å². The fraction of sp³-hybridized carbons (Fsp3) is 0.840. The Balaban J connectivity index is 0. The summed E-state index contributed by atoms with van der Waals surface area (Å²) in [5, 5.41) is 8.47. The Bertz CT molecular complexity index is 626. The van der Waals surface area contributed by atoms with Gasteiger partial charge in [0.2, 0.25) is 17.7 Å². The predicted octanol–water partition coefficient (Wildman–Crippen LogP) is 0.0912. The summed E-state index contributed by atoms with van der Waals surface area (Å²) in [5.41, 5.74) is 0. The number of ketones is 1. The molecule has 3 N–H and O–H groups in total. The fourth-order valence-corrected chi connectivity index (χ4v) is 3.50. The second-order valence-corrected chi connectivity index (χ2v) is 9.30. The van der Waals surface area contributed by atoms with Crippen molar-refractivity contribution in [3.63, 3.8) is 0 Å². The van der Waals surface area contributed by atoms with Crippen LogP contribution in [0.3, 0.4) is 0 Å². The number of hydrogen-bond donors (Lipinski definition) is 3. The molecule has 0 heterocycles. The molecule has 0 aromatic heterocycles. The molecule has 0 aliphatic carbocycles. The number of rotatable bonds is 24. The van der Waals surface area contributed by atoms with Gasteiger partial charge in [0.05, 0.1) is 19.6 Å². The van der Waals surface area contributed by atoms with Crippen LogP contribution in [0.4, 0.5) is 0 Å². The first-order valence-electron chi connectivity index (χ1n) is 14.2. The standard InChI is InChI=1S/C23H42B4N6O4.C2H6/c1-20(34)11-5-2-6-12-28-21(35)17-31(18-22(36)29-13-7-3-9-15-32(24)25)19-23(37)30-14-8-4-10-16-33(26)27;1-2/h2-19H2,1H3,(H,28,35)(H,29,36)(H,30,37);1-2H3. The molecule has 0 aromatic rings. The zero-order valence-corrected chi connectivity index (χ0v) is 24.5. The minimum atomic E-state index is -0.256. The third kappa shape index (κ3) is 30.6. The van der Waals surface area contributed by atoms with Crippen LogP contribution in [0.15, 0.2) is 0 Å². The maximum absolute atomic E-state index is 12.4. The number of Topliss-reactive ketones (excluding diaryl/α,β-unsaturated/α-hetero) is 1. The summed E-state index contributed by atoms with van der Waals surface area (Å²) in [4.78, 5) is 49.8. The molecule has 0 spiro atoms. The number of hydrogen-bond acceptors (Lipinski definition) is 7. The van der Waals surface area contributed by atoms with Gasteiger partial charge in [0, 0.05) is 26.1 Å². The van der Waals surface area contributed by atoms with Crippen molar-refractivity contribution >= 4 is 55.4 Å². The van der Waals surface area contributed by atoms with Gasteiger partial charge >= 0.3 is 0 Å². The lowest BCUT2D eigenvalue weighted by Crippen LogP contribution is -2.47. The Hall–Kier alpha value is -1.78. The topological polar surface area (TPSA) is 114 Å². The predicted molar refractivity (Wildman–Crippen MR) is 160 cm³/mol. The monoisotopic (exact) mass is 540 g/mol. The third-order valence-corrected chi connectivity index (χ3v) is 5.46. The molecular weight excluding hydrogens is 492 g/mol. The molecule has 214 valence electrons. The van der Waals surface area contributed by atoms with Gasteiger partial charge in [0.1, 0.15) is 5.78 Å². The van der Waals surface area contributed by atoms with Gasteiger partial charge in [-0.1, -0.05) is 33.1 Å². The molecule has 0 rings (SSSR count). The zero-order chi connectivity index (χ0) is 29.9. The van der Waals surface area contributed by atoms with E-state index in [0.29, 0.717) is 39.1 Å². The van der Waals surface area contributed by atoms with Crippen molar-refractivity contribution in [3.05, 3.63) is 0 Å². The van der Waals surface area contributed by atoms with Gasteiger partial charge in [-0.25, -0.2) is 0 Å². The second-order valence-electron chi connectivity index (χ2n) is 9.30. The molecule has 10 nitrogen and oxygen atoms in total. The molecule has 0 aliphatic heterocycles. The smallest absolute Gasteiger partial charge is 0.234 e. The van der Waals surface area contributed by atoms with Crippen molar-refractivity contribution in [3.8, 4) is 0 Å². The van der Waals surface area contributed by atoms with Crippen molar-refractivity contribution in [2.75, 3.05) is 52.4 Å². The number of nitrogens with one attached hydrogen (secondary N) is 3. The SMILES string of the molecule is CC.[B]N([B])CCCCCNC(=O)CN(CC(=O)NCCCCCC(C)=O)CC(=O)NCCCCCN([B])[B]. The largest absolute Gasteiger partial charge is 0.404 e. The van der Waals surface area contributed by atoms with Crippen LogP contribution in [0.2, 0.25) is 0 Å². The van der Waals surface area contributed by atoms with E-state index in [1.165, 1.54) is 4.90 Å². The van der Waals surface area contributed by atoms with Crippen molar-refractivity contribution in [1.82, 2.24) is 30.3 Å². The van der Waals surface area contributed by atoms with Crippen molar-refractivity contribution < 1.29 is 19.2 Å². The summed E-state index contributed by atoms with van der Waals surface area (Å²) in [6.45, 7) is 7.96. The Labute approximate surface area is 242 Å². The summed E-state index contributed by atoms with van der Waals surface area (Å²) in [5.74, 6) is -0.602. The van der Waals surface area contributed by atoms with Crippen molar-refractivity contribution in [2.45, 2.75) is 85.0 Å². The molecular formula is C25H48B4N6O4. The second kappa shape index (κ2) is 27.8. The maximum atomic E-state index is 12.4. The van der Waals surface area contributed by atoms with Crippen LogP contribution in [0, 0.1) is 0 Å². The van der Waals surface area contributed by atoms with Crippen molar-refractivity contribution in [2.24, 2.45) is 0 Å². The Morgan fingerprint density at radius 3 is 1.18 bits per heavy atom. The van der Waals surface area contributed by atoms with E-state index >= 15 is 0 Å². The van der Waals surface area contributed by atoms with Crippen LogP contribution in [0.5, 0.6) is 0 Å². The van der Waals surface area contributed by atoms with Crippen LogP contribution in [-0.2, 0) is 19.2 Å². The first-order chi connectivity index (χ1) is 18.6. The number of nitrogens with zero attached hydrogens (tertiary/aromatic N) is 3. The quantitative estimate of drug-likeness (QED) is 0.118. The first-order valence-corrected chi connectivity index (χ1v) is 14.2. The average molecular weight is 540 g/mol. The van der Waals surface area contributed by atoms with E-state index in [0.717, 1.165) is 67.2 Å². The Morgan fingerprint density at radius 2 is 0.872 bits per heavy atom. The Morgan fingerprint density at radius 1 is 0.538 bits per heavy atom. The lowest BCUT2D eigenvalue weighted by atomic mass is 10.1. The third-order valence-electron chi connectivity index (χ3n) is 5.46. The molecule has 0 bridgehead atoms. The van der Waals surface area contributed by atoms with E-state index in [-0.39, 0.29) is 43.1 Å². The summed E-state index contributed by atoms with van der Waals surface area (Å²) in [6.07, 6.45) is 7.86. The molecule has 0 fully saturated rings. The van der Waals surface area contributed by atoms with Crippen LogP contribution in [0.25, 0.3) is 0 Å². The Kier molecular flexibility index (Phi) is 28.0. The molecule has 3 amide bonds. The summed E-state index contributed by atoms with van der Waals surface area (Å²) < 4.78 is 2.26. The molecule has 8 radical (unpaired) electrons. The van der Waals surface area contributed by atoms with E-state index in [1.807, 2.05) is 13.8 Å². The highest BCUT2D eigenvalue weighted by molar-refractivity contribution is 6.25. The fourth-order valence-electron chi connectivity index (χ4n) is 3.50. The van der Waals surface area contributed by atoms with E-state index in [1.54, 1.807) is 6.92 Å². The van der Waals surface area contributed by atoms with E-state index in [2.05, 4.69) is 16.0 Å². The zero-order valence-electron chi connectivity index (χ0n) is 24.5. The first kappa shape index (κ1) is 39.4. The van der Waals surface area contributed by atoms with Gasteiger partial charge in [0.15, 0.2) is 31.9 Å². The molecule has 0 atom stereocenters. The summed E-state index contributed by atoms with van der Waals surface area (Å²) in [7, 11) is 21.4. The number of carbonyl (C=O) groups is 4. The molecule has 39 heavy (non-hydrogen) atoms. The van der Waals surface area contributed by atoms with Gasteiger partial charge in [-0.2, -0.15) is 0 Å². The van der Waals surface area contributed by atoms with E-state index in [9.17, 15) is 19.2 Å². The molecule has 0 unspecified atom stereocenters. The van der Waals surface area contributed by atoms with Gasteiger partial charge in [-0.15, -0.1) is 0 Å². The van der Waals surface area contributed by atoms with E-state index < -0.39 is 0 Å². The van der Waals surface area contributed by atoms with Crippen LogP contribution >= 0.6 is 0 Å². The van der Waals surface area contributed by atoms with Crippen LogP contribution in [-0.4, -0.2) is 122 Å². The van der Waals surface area contributed by atoms with Gasteiger partial charge < -0.3 is 30.2 Å². The normalized spacial score (nSPS) is 10.7. The number of carbonyl (C=O) groups excluding carboxylic acids is 4. The highest BCUT2D eigenvalue weighted by Crippen LogP contribution is 2.00. The van der Waals surface area contributed by atoms with Gasteiger partial charge in [-0.05, 0) is 58.5 Å². The summed E-state index contributed by atoms with van der Waals surface area (Å²) in [6, 6.07) is 0. The number of amides is 3. The summed E-state index contributed by atoms with van der Waals surface area (Å²) >= 11 is 0. The lowest BCUT2D eigenvalue weighted by Gasteiger charge is -2.21. The van der Waals surface area contributed by atoms with Crippen molar-refractivity contribution in [1.29, 1.82) is 0 Å². The average Bonchev–Trinajstić information content (AvgIpc) is 2.86. The van der Waals surface area contributed by atoms with E-state index in [4.69, 9.17) is 31.9 Å². The lowest BCUT2D eigenvalue weighted by molar-refractivity contribution is -0.127.